The number of hydrogen-bond acceptors (Lipinski definition) is 4. The Morgan fingerprint density at radius 3 is 2.73 bits per heavy atom. The number of thioether (sulfide) groups is 1. The van der Waals surface area contributed by atoms with Crippen LogP contribution in [-0.4, -0.2) is 47.2 Å². The second-order valence-corrected chi connectivity index (χ2v) is 14.4. The third kappa shape index (κ3) is 3.08. The van der Waals surface area contributed by atoms with Crippen LogP contribution in [0.2, 0.25) is 0 Å². The zero-order valence-corrected chi connectivity index (χ0v) is 21.6. The second kappa shape index (κ2) is 7.77. The summed E-state index contributed by atoms with van der Waals surface area (Å²) in [6, 6.07) is 2.22. The minimum Gasteiger partial charge on any atom is -0.472 e. The zero-order chi connectivity index (χ0) is 22.3. The molecule has 3 nitrogen and oxygen atoms in total. The molecule has 3 heterocycles. The lowest BCUT2D eigenvalue weighted by Crippen LogP contribution is -2.58. The third-order valence-corrected chi connectivity index (χ3v) is 13.3. The van der Waals surface area contributed by atoms with Gasteiger partial charge < -0.3 is 14.1 Å². The van der Waals surface area contributed by atoms with Gasteiger partial charge in [-0.2, -0.15) is 11.8 Å². The number of epoxide rings is 1. The maximum Gasteiger partial charge on any atom is 0.104 e. The average Bonchev–Trinajstić information content (AvgIpc) is 3.23. The summed E-state index contributed by atoms with van der Waals surface area (Å²) in [6.45, 7) is 9.31. The highest BCUT2D eigenvalue weighted by atomic mass is 32.2. The van der Waals surface area contributed by atoms with Crippen LogP contribution in [0.5, 0.6) is 0 Å². The molecule has 182 valence electrons. The fraction of sp³-hybridized carbons (Fsp3) is 0.862. The molecule has 9 atom stereocenters. The Morgan fingerprint density at radius 1 is 1.03 bits per heavy atom. The molecule has 1 spiro atoms. The van der Waals surface area contributed by atoms with Crippen LogP contribution in [0, 0.1) is 28.6 Å². The van der Waals surface area contributed by atoms with Gasteiger partial charge in [-0.3, -0.25) is 0 Å². The number of likely N-dealkylation sites (tertiary alicyclic amines) is 1. The minimum atomic E-state index is 0.174. The standard InChI is InChI=1S/C29H43NO2S/c1-27-10-7-22(33-16-14-30-12-3-4-13-30)17-21(27)5-6-24-23(27)8-11-28(2)25(20-9-15-31-19-20)18-26-29(24,28)32-26/h9,15,19,21-26H,3-8,10-14,16-18H2,1-2H3/t21-,22+,23+,24-,25-,26-,27+,28-,29-/m1/s1. The molecular weight excluding hydrogens is 426 g/mol. The van der Waals surface area contributed by atoms with Crippen LogP contribution in [0.15, 0.2) is 23.0 Å². The van der Waals surface area contributed by atoms with E-state index in [1.54, 1.807) is 0 Å². The SMILES string of the molecule is C[C@]12CC[C@H](SCCN3CCCC3)C[C@H]1CC[C@@H]1[C@@H]2CC[C@]2(C)[C@@H](c3ccoc3)C[C@H]3O[C@]132. The quantitative estimate of drug-likeness (QED) is 0.447. The number of fused-ring (bicyclic) bond motifs is 3. The molecule has 1 aromatic heterocycles. The first-order valence-electron chi connectivity index (χ1n) is 14.1. The van der Waals surface area contributed by atoms with E-state index in [4.69, 9.17) is 9.15 Å². The van der Waals surface area contributed by atoms with E-state index < -0.39 is 0 Å². The van der Waals surface area contributed by atoms with Crippen LogP contribution in [0.1, 0.15) is 89.5 Å². The van der Waals surface area contributed by atoms with E-state index in [-0.39, 0.29) is 5.60 Å². The number of furan rings is 1. The van der Waals surface area contributed by atoms with Gasteiger partial charge in [-0.1, -0.05) is 13.8 Å². The molecule has 2 saturated heterocycles. The van der Waals surface area contributed by atoms with Crippen molar-refractivity contribution in [1.29, 1.82) is 0 Å². The van der Waals surface area contributed by atoms with Crippen LogP contribution in [-0.2, 0) is 4.74 Å². The largest absolute Gasteiger partial charge is 0.472 e. The predicted molar refractivity (Wildman–Crippen MR) is 135 cm³/mol. The minimum absolute atomic E-state index is 0.174. The monoisotopic (exact) mass is 469 g/mol. The molecule has 0 aromatic carbocycles. The van der Waals surface area contributed by atoms with Gasteiger partial charge >= 0.3 is 0 Å². The van der Waals surface area contributed by atoms with E-state index in [2.05, 4.69) is 36.6 Å². The van der Waals surface area contributed by atoms with E-state index in [1.165, 1.54) is 95.2 Å². The molecule has 0 unspecified atom stereocenters. The lowest BCUT2D eigenvalue weighted by atomic mass is 9.44. The zero-order valence-electron chi connectivity index (χ0n) is 20.8. The van der Waals surface area contributed by atoms with Crippen molar-refractivity contribution in [2.24, 2.45) is 28.6 Å². The number of rotatable bonds is 5. The molecule has 6 fully saturated rings. The first kappa shape index (κ1) is 21.8. The summed E-state index contributed by atoms with van der Waals surface area (Å²) in [5.74, 6) is 4.60. The molecule has 1 aromatic rings. The molecular formula is C29H43NO2S. The van der Waals surface area contributed by atoms with Crippen molar-refractivity contribution < 1.29 is 9.15 Å². The Kier molecular flexibility index (Phi) is 5.14. The van der Waals surface area contributed by atoms with Crippen molar-refractivity contribution in [3.8, 4) is 0 Å². The molecule has 0 amide bonds. The first-order chi connectivity index (χ1) is 16.0. The molecule has 33 heavy (non-hydrogen) atoms. The van der Waals surface area contributed by atoms with Crippen LogP contribution in [0.4, 0.5) is 0 Å². The van der Waals surface area contributed by atoms with E-state index in [0.717, 1.165) is 23.0 Å². The molecule has 4 aliphatic carbocycles. The molecule has 4 heteroatoms. The number of hydrogen-bond donors (Lipinski definition) is 0. The Morgan fingerprint density at radius 2 is 1.91 bits per heavy atom. The van der Waals surface area contributed by atoms with Crippen molar-refractivity contribution >= 4 is 11.8 Å². The van der Waals surface area contributed by atoms with Gasteiger partial charge in [0.05, 0.1) is 18.6 Å². The summed E-state index contributed by atoms with van der Waals surface area (Å²) in [7, 11) is 0. The smallest absolute Gasteiger partial charge is 0.104 e. The highest BCUT2D eigenvalue weighted by molar-refractivity contribution is 7.99. The topological polar surface area (TPSA) is 28.9 Å². The maximum absolute atomic E-state index is 6.75. The third-order valence-electron chi connectivity index (χ3n) is 11.9. The fourth-order valence-corrected chi connectivity index (χ4v) is 11.5. The van der Waals surface area contributed by atoms with E-state index >= 15 is 0 Å². The second-order valence-electron chi connectivity index (χ2n) is 13.0. The lowest BCUT2D eigenvalue weighted by molar-refractivity contribution is -0.126. The Labute approximate surface area is 204 Å². The average molecular weight is 470 g/mol. The highest BCUT2D eigenvalue weighted by Gasteiger charge is 2.80. The Hall–Kier alpha value is -0.450. The molecule has 2 aliphatic heterocycles. The van der Waals surface area contributed by atoms with Crippen LogP contribution >= 0.6 is 11.8 Å². The molecule has 7 rings (SSSR count). The number of ether oxygens (including phenoxy) is 1. The first-order valence-corrected chi connectivity index (χ1v) is 15.1. The van der Waals surface area contributed by atoms with Crippen molar-refractivity contribution in [2.75, 3.05) is 25.4 Å². The fourth-order valence-electron chi connectivity index (χ4n) is 10.1. The van der Waals surface area contributed by atoms with Gasteiger partial charge in [-0.15, -0.1) is 0 Å². The van der Waals surface area contributed by atoms with Crippen molar-refractivity contribution in [2.45, 2.75) is 101 Å². The van der Waals surface area contributed by atoms with Crippen LogP contribution < -0.4 is 0 Å². The van der Waals surface area contributed by atoms with Crippen molar-refractivity contribution in [1.82, 2.24) is 4.90 Å². The van der Waals surface area contributed by atoms with Gasteiger partial charge in [0.15, 0.2) is 0 Å². The van der Waals surface area contributed by atoms with Gasteiger partial charge in [-0.25, -0.2) is 0 Å². The van der Waals surface area contributed by atoms with Gasteiger partial charge in [-0.05, 0) is 118 Å². The highest BCUT2D eigenvalue weighted by Crippen LogP contribution is 2.78. The van der Waals surface area contributed by atoms with E-state index in [1.807, 2.05) is 12.5 Å². The van der Waals surface area contributed by atoms with Gasteiger partial charge in [0.2, 0.25) is 0 Å². The molecule has 6 aliphatic rings. The normalized spacial score (nSPS) is 51.0. The Bertz CT molecular complexity index is 867. The summed E-state index contributed by atoms with van der Waals surface area (Å²) in [5, 5.41) is 0.913. The molecule has 0 bridgehead atoms. The van der Waals surface area contributed by atoms with E-state index in [0.29, 0.717) is 22.9 Å². The molecule has 0 N–H and O–H groups in total. The van der Waals surface area contributed by atoms with Gasteiger partial charge in [0.1, 0.15) is 5.60 Å². The lowest BCUT2D eigenvalue weighted by Gasteiger charge is -2.61. The summed E-state index contributed by atoms with van der Waals surface area (Å²) in [6.07, 6.45) is 18.5. The van der Waals surface area contributed by atoms with Gasteiger partial charge in [0, 0.05) is 23.0 Å². The summed E-state index contributed by atoms with van der Waals surface area (Å²) in [4.78, 5) is 2.69. The van der Waals surface area contributed by atoms with Crippen LogP contribution in [0.3, 0.4) is 0 Å². The Balaban J connectivity index is 1.05. The van der Waals surface area contributed by atoms with Gasteiger partial charge in [0.25, 0.3) is 0 Å². The van der Waals surface area contributed by atoms with Crippen LogP contribution in [0.25, 0.3) is 0 Å². The van der Waals surface area contributed by atoms with E-state index in [9.17, 15) is 0 Å². The van der Waals surface area contributed by atoms with Crippen molar-refractivity contribution in [3.05, 3.63) is 24.2 Å². The predicted octanol–water partition coefficient (Wildman–Crippen LogP) is 6.73. The summed E-state index contributed by atoms with van der Waals surface area (Å²) < 4.78 is 12.3. The summed E-state index contributed by atoms with van der Waals surface area (Å²) in [5.41, 5.74) is 2.45. The molecule has 0 radical (unpaired) electrons. The summed E-state index contributed by atoms with van der Waals surface area (Å²) >= 11 is 2.31. The number of nitrogens with zero attached hydrogens (tertiary/aromatic N) is 1. The van der Waals surface area contributed by atoms with Crippen molar-refractivity contribution in [3.63, 3.8) is 0 Å². The molecule has 4 saturated carbocycles. The maximum atomic E-state index is 6.75.